The number of benzene rings is 1. The summed E-state index contributed by atoms with van der Waals surface area (Å²) in [5.74, 6) is 1.22. The molecule has 1 fully saturated rings. The number of nitrogens with one attached hydrogen (secondary N) is 1. The Balaban J connectivity index is 2.03. The summed E-state index contributed by atoms with van der Waals surface area (Å²) in [5, 5.41) is 3.41. The van der Waals surface area contributed by atoms with E-state index >= 15 is 0 Å². The molecule has 1 heterocycles. The molecule has 1 aliphatic heterocycles. The summed E-state index contributed by atoms with van der Waals surface area (Å²) in [6.45, 7) is 4.19. The lowest BCUT2D eigenvalue weighted by molar-refractivity contribution is -0.131. The maximum Gasteiger partial charge on any atom is 0.241 e. The van der Waals surface area contributed by atoms with Gasteiger partial charge in [0, 0.05) is 11.8 Å². The number of hydrogen-bond donors (Lipinski definition) is 1. The van der Waals surface area contributed by atoms with E-state index in [0.29, 0.717) is 0 Å². The van der Waals surface area contributed by atoms with Crippen molar-refractivity contribution >= 4 is 17.7 Å². The molecule has 4 heteroatoms. The van der Waals surface area contributed by atoms with Crippen LogP contribution in [0.5, 0.6) is 0 Å². The molecule has 0 radical (unpaired) electrons. The molecule has 3 nitrogen and oxygen atoms in total. The van der Waals surface area contributed by atoms with Crippen molar-refractivity contribution in [3.8, 4) is 0 Å². The van der Waals surface area contributed by atoms with Crippen LogP contribution in [0, 0.1) is 0 Å². The fourth-order valence-corrected chi connectivity index (χ4v) is 3.37. The molecule has 0 aromatic heterocycles. The first-order valence-electron chi connectivity index (χ1n) is 6.74. The second kappa shape index (κ2) is 6.44. The molecule has 2 rings (SSSR count). The largest absolute Gasteiger partial charge is 0.323 e. The van der Waals surface area contributed by atoms with E-state index in [0.717, 1.165) is 12.2 Å². The Kier molecular flexibility index (Phi) is 4.88. The molecule has 1 aromatic carbocycles. The van der Waals surface area contributed by atoms with Gasteiger partial charge in [-0.15, -0.1) is 0 Å². The van der Waals surface area contributed by atoms with E-state index in [1.807, 2.05) is 23.1 Å². The maximum absolute atomic E-state index is 12.5. The summed E-state index contributed by atoms with van der Waals surface area (Å²) in [5.41, 5.74) is 1.21. The first-order valence-corrected chi connectivity index (χ1v) is 8.14. The van der Waals surface area contributed by atoms with Gasteiger partial charge >= 0.3 is 0 Å². The monoisotopic (exact) mass is 278 g/mol. The zero-order valence-electron chi connectivity index (χ0n) is 11.8. The van der Waals surface area contributed by atoms with Crippen LogP contribution in [-0.4, -0.2) is 41.1 Å². The highest BCUT2D eigenvalue weighted by Gasteiger charge is 2.38. The van der Waals surface area contributed by atoms with Gasteiger partial charge < -0.3 is 4.90 Å². The highest BCUT2D eigenvalue weighted by atomic mass is 32.2. The predicted molar refractivity (Wildman–Crippen MR) is 81.2 cm³/mol. The molecular formula is C15H22N2OS. The fraction of sp³-hybridized carbons (Fsp3) is 0.533. The Bertz CT molecular complexity index is 423. The number of rotatable bonds is 5. The van der Waals surface area contributed by atoms with Crippen LogP contribution in [0.3, 0.4) is 0 Å². The van der Waals surface area contributed by atoms with Gasteiger partial charge in [-0.25, -0.2) is 0 Å². The van der Waals surface area contributed by atoms with E-state index in [9.17, 15) is 4.79 Å². The molecule has 0 aliphatic carbocycles. The van der Waals surface area contributed by atoms with Crippen molar-refractivity contribution in [3.05, 3.63) is 35.9 Å². The Morgan fingerprint density at radius 1 is 1.37 bits per heavy atom. The fourth-order valence-electron chi connectivity index (χ4n) is 2.73. The molecular weight excluding hydrogens is 256 g/mol. The molecule has 1 amide bonds. The first-order chi connectivity index (χ1) is 9.13. The van der Waals surface area contributed by atoms with E-state index in [1.165, 1.54) is 5.56 Å². The molecule has 1 aromatic rings. The number of amides is 1. The van der Waals surface area contributed by atoms with Gasteiger partial charge in [0.15, 0.2) is 0 Å². The second-order valence-corrected chi connectivity index (χ2v) is 6.05. The van der Waals surface area contributed by atoms with Crippen LogP contribution in [0.4, 0.5) is 0 Å². The Morgan fingerprint density at radius 3 is 2.68 bits per heavy atom. The minimum atomic E-state index is -0.0818. The topological polar surface area (TPSA) is 32.3 Å². The van der Waals surface area contributed by atoms with E-state index in [2.05, 4.69) is 37.6 Å². The van der Waals surface area contributed by atoms with Crippen LogP contribution in [0.2, 0.25) is 0 Å². The highest BCUT2D eigenvalue weighted by Crippen LogP contribution is 2.19. The molecule has 3 unspecified atom stereocenters. The summed E-state index contributed by atoms with van der Waals surface area (Å²) >= 11 is 1.78. The molecule has 0 bridgehead atoms. The first kappa shape index (κ1) is 14.4. The Labute approximate surface area is 119 Å². The second-order valence-electron chi connectivity index (χ2n) is 5.13. The van der Waals surface area contributed by atoms with E-state index in [1.54, 1.807) is 11.8 Å². The number of hydrogen-bond acceptors (Lipinski definition) is 3. The lowest BCUT2D eigenvalue weighted by Gasteiger charge is -2.27. The van der Waals surface area contributed by atoms with Crippen LogP contribution in [0.25, 0.3) is 0 Å². The van der Waals surface area contributed by atoms with Gasteiger partial charge in [0.05, 0.1) is 12.2 Å². The summed E-state index contributed by atoms with van der Waals surface area (Å²) in [6, 6.07) is 10.4. The molecule has 0 spiro atoms. The minimum absolute atomic E-state index is 0.0818. The van der Waals surface area contributed by atoms with Crippen molar-refractivity contribution in [1.82, 2.24) is 10.2 Å². The standard InChI is InChI=1S/C15H22N2OS/c1-11(10-19-3)17-12(2)16-14(15(17)18)9-13-7-5-4-6-8-13/h4-8,11-12,14,16H,9-10H2,1-3H3. The number of carbonyl (C=O) groups excluding carboxylic acids is 1. The quantitative estimate of drug-likeness (QED) is 0.895. The smallest absolute Gasteiger partial charge is 0.241 e. The van der Waals surface area contributed by atoms with E-state index in [-0.39, 0.29) is 24.2 Å². The minimum Gasteiger partial charge on any atom is -0.323 e. The third kappa shape index (κ3) is 3.31. The third-order valence-corrected chi connectivity index (χ3v) is 4.39. The zero-order valence-corrected chi connectivity index (χ0v) is 12.6. The summed E-state index contributed by atoms with van der Waals surface area (Å²) in [4.78, 5) is 14.5. The van der Waals surface area contributed by atoms with Crippen molar-refractivity contribution in [2.75, 3.05) is 12.0 Å². The van der Waals surface area contributed by atoms with Crippen molar-refractivity contribution in [2.24, 2.45) is 0 Å². The average molecular weight is 278 g/mol. The van der Waals surface area contributed by atoms with Crippen LogP contribution in [0.1, 0.15) is 19.4 Å². The van der Waals surface area contributed by atoms with Crippen molar-refractivity contribution < 1.29 is 4.79 Å². The van der Waals surface area contributed by atoms with Gasteiger partial charge in [-0.05, 0) is 32.1 Å². The maximum atomic E-state index is 12.5. The molecule has 104 valence electrons. The van der Waals surface area contributed by atoms with Crippen LogP contribution in [-0.2, 0) is 11.2 Å². The van der Waals surface area contributed by atoms with Gasteiger partial charge in [0.1, 0.15) is 0 Å². The molecule has 1 N–H and O–H groups in total. The van der Waals surface area contributed by atoms with Crippen LogP contribution in [0.15, 0.2) is 30.3 Å². The van der Waals surface area contributed by atoms with Gasteiger partial charge in [0.2, 0.25) is 5.91 Å². The summed E-state index contributed by atoms with van der Waals surface area (Å²) < 4.78 is 0. The molecule has 0 saturated carbocycles. The lowest BCUT2D eigenvalue weighted by atomic mass is 10.1. The highest BCUT2D eigenvalue weighted by molar-refractivity contribution is 7.98. The molecule has 1 saturated heterocycles. The summed E-state index contributed by atoms with van der Waals surface area (Å²) in [6.07, 6.45) is 2.98. The molecule has 1 aliphatic rings. The molecule has 3 atom stereocenters. The number of carbonyl (C=O) groups is 1. The van der Waals surface area contributed by atoms with E-state index in [4.69, 9.17) is 0 Å². The zero-order chi connectivity index (χ0) is 13.8. The predicted octanol–water partition coefficient (Wildman–Crippen LogP) is 2.13. The van der Waals surface area contributed by atoms with Gasteiger partial charge in [0.25, 0.3) is 0 Å². The van der Waals surface area contributed by atoms with Gasteiger partial charge in [-0.1, -0.05) is 30.3 Å². The van der Waals surface area contributed by atoms with Crippen LogP contribution >= 0.6 is 11.8 Å². The van der Waals surface area contributed by atoms with E-state index < -0.39 is 0 Å². The van der Waals surface area contributed by atoms with Crippen molar-refractivity contribution in [3.63, 3.8) is 0 Å². The Hall–Kier alpha value is -1.00. The SMILES string of the molecule is CSCC(C)N1C(=O)C(Cc2ccccc2)NC1C. The Morgan fingerprint density at radius 2 is 2.05 bits per heavy atom. The van der Waals surface area contributed by atoms with Gasteiger partial charge in [-0.3, -0.25) is 10.1 Å². The normalized spacial score (nSPS) is 24.8. The lowest BCUT2D eigenvalue weighted by Crippen LogP contribution is -2.42. The molecule has 19 heavy (non-hydrogen) atoms. The van der Waals surface area contributed by atoms with Gasteiger partial charge in [-0.2, -0.15) is 11.8 Å². The number of nitrogens with zero attached hydrogens (tertiary/aromatic N) is 1. The van der Waals surface area contributed by atoms with Crippen molar-refractivity contribution in [2.45, 2.75) is 38.5 Å². The third-order valence-electron chi connectivity index (χ3n) is 3.58. The number of thioether (sulfide) groups is 1. The van der Waals surface area contributed by atoms with Crippen molar-refractivity contribution in [1.29, 1.82) is 0 Å². The summed E-state index contributed by atoms with van der Waals surface area (Å²) in [7, 11) is 0. The van der Waals surface area contributed by atoms with Crippen LogP contribution < -0.4 is 5.32 Å². The average Bonchev–Trinajstić information content (AvgIpc) is 2.66.